The Bertz CT molecular complexity index is 480. The third-order valence-corrected chi connectivity index (χ3v) is 3.48. The lowest BCUT2D eigenvalue weighted by Gasteiger charge is -2.04. The van der Waals surface area contributed by atoms with Crippen molar-refractivity contribution in [1.29, 1.82) is 0 Å². The van der Waals surface area contributed by atoms with Crippen molar-refractivity contribution in [3.05, 3.63) is 39.7 Å². The Morgan fingerprint density at radius 1 is 1.41 bits per heavy atom. The zero-order valence-corrected chi connectivity index (χ0v) is 11.7. The number of rotatable bonds is 5. The van der Waals surface area contributed by atoms with E-state index in [-0.39, 0.29) is 6.54 Å². The van der Waals surface area contributed by atoms with E-state index in [9.17, 15) is 8.42 Å². The van der Waals surface area contributed by atoms with Gasteiger partial charge in [-0.25, -0.2) is 13.1 Å². The molecule has 1 aromatic carbocycles. The highest BCUT2D eigenvalue weighted by Crippen LogP contribution is 2.11. The molecule has 1 atom stereocenters. The number of nitrogens with one attached hydrogen (secondary N) is 1. The molecule has 0 saturated heterocycles. The number of hydrogen-bond acceptors (Lipinski definition) is 3. The number of aliphatic hydroxyl groups excluding tert-OH is 1. The molecule has 0 aliphatic heterocycles. The van der Waals surface area contributed by atoms with Crippen LogP contribution in [-0.2, 0) is 10.0 Å². The molecule has 0 radical (unpaired) electrons. The van der Waals surface area contributed by atoms with E-state index < -0.39 is 16.1 Å². The van der Waals surface area contributed by atoms with E-state index in [1.165, 1.54) is 13.0 Å². The first-order valence-corrected chi connectivity index (χ1v) is 7.34. The van der Waals surface area contributed by atoms with Crippen LogP contribution in [-0.4, -0.2) is 26.2 Å². The number of halogens is 1. The van der Waals surface area contributed by atoms with Crippen molar-refractivity contribution in [2.24, 2.45) is 0 Å². The minimum Gasteiger partial charge on any atom is -0.392 e. The van der Waals surface area contributed by atoms with Gasteiger partial charge in [0, 0.05) is 16.4 Å². The van der Waals surface area contributed by atoms with E-state index in [0.29, 0.717) is 0 Å². The lowest BCUT2D eigenvalue weighted by atomic mass is 10.2. The first-order chi connectivity index (χ1) is 7.89. The van der Waals surface area contributed by atoms with E-state index in [1.54, 1.807) is 12.1 Å². The van der Waals surface area contributed by atoms with E-state index in [4.69, 9.17) is 5.11 Å². The Balaban J connectivity index is 2.67. The molecule has 0 fully saturated rings. The molecule has 0 amide bonds. The predicted octanol–water partition coefficient (Wildman–Crippen LogP) is 1.72. The van der Waals surface area contributed by atoms with Crippen LogP contribution in [0.25, 0.3) is 6.08 Å². The molecule has 6 heteroatoms. The van der Waals surface area contributed by atoms with Crippen molar-refractivity contribution in [3.8, 4) is 0 Å². The van der Waals surface area contributed by atoms with Crippen LogP contribution >= 0.6 is 15.9 Å². The normalized spacial score (nSPS) is 14.1. The van der Waals surface area contributed by atoms with Gasteiger partial charge in [0.25, 0.3) is 0 Å². The van der Waals surface area contributed by atoms with E-state index in [0.717, 1.165) is 15.4 Å². The summed E-state index contributed by atoms with van der Waals surface area (Å²) in [4.78, 5) is 0. The van der Waals surface area contributed by atoms with Crippen molar-refractivity contribution in [3.63, 3.8) is 0 Å². The Morgan fingerprint density at radius 3 is 2.53 bits per heavy atom. The molecule has 0 aromatic heterocycles. The predicted molar refractivity (Wildman–Crippen MR) is 71.8 cm³/mol. The first-order valence-electron chi connectivity index (χ1n) is 5.00. The summed E-state index contributed by atoms with van der Waals surface area (Å²) < 4.78 is 26.1. The number of benzene rings is 1. The minimum absolute atomic E-state index is 0.00696. The Labute approximate surface area is 110 Å². The molecule has 94 valence electrons. The highest BCUT2D eigenvalue weighted by atomic mass is 79.9. The lowest BCUT2D eigenvalue weighted by Crippen LogP contribution is -2.28. The van der Waals surface area contributed by atoms with E-state index in [1.807, 2.05) is 12.1 Å². The van der Waals surface area contributed by atoms with E-state index in [2.05, 4.69) is 20.7 Å². The van der Waals surface area contributed by atoms with Crippen LogP contribution < -0.4 is 4.72 Å². The maximum Gasteiger partial charge on any atom is 0.233 e. The summed E-state index contributed by atoms with van der Waals surface area (Å²) in [6.45, 7) is 1.52. The summed E-state index contributed by atoms with van der Waals surface area (Å²) in [6, 6.07) is 7.25. The van der Waals surface area contributed by atoms with Gasteiger partial charge in [-0.05, 0) is 30.7 Å². The molecular formula is C11H14BrNO3S. The smallest absolute Gasteiger partial charge is 0.233 e. The van der Waals surface area contributed by atoms with Gasteiger partial charge in [0.1, 0.15) is 0 Å². The second-order valence-electron chi connectivity index (χ2n) is 3.60. The molecular weight excluding hydrogens is 306 g/mol. The average molecular weight is 320 g/mol. The highest BCUT2D eigenvalue weighted by Gasteiger charge is 2.05. The van der Waals surface area contributed by atoms with Crippen LogP contribution in [0.4, 0.5) is 0 Å². The Hall–Kier alpha value is -0.690. The fraction of sp³-hybridized carbons (Fsp3) is 0.273. The zero-order valence-electron chi connectivity index (χ0n) is 9.30. The standard InChI is InChI=1S/C11H14BrNO3S/c1-9(14)8-13-17(15,16)7-6-10-2-4-11(12)5-3-10/h2-7,9,13-14H,8H2,1H3/b7-6+. The van der Waals surface area contributed by atoms with Crippen molar-refractivity contribution < 1.29 is 13.5 Å². The van der Waals surface area contributed by atoms with Gasteiger partial charge in [-0.3, -0.25) is 0 Å². The van der Waals surface area contributed by atoms with Gasteiger partial charge in [0.2, 0.25) is 10.0 Å². The summed E-state index contributed by atoms with van der Waals surface area (Å²) in [6.07, 6.45) is 0.794. The summed E-state index contributed by atoms with van der Waals surface area (Å²) in [5.74, 6) is 0. The summed E-state index contributed by atoms with van der Waals surface area (Å²) in [5, 5.41) is 10.1. The largest absolute Gasteiger partial charge is 0.392 e. The molecule has 0 bridgehead atoms. The van der Waals surface area contributed by atoms with Crippen LogP contribution in [0.3, 0.4) is 0 Å². The molecule has 0 heterocycles. The molecule has 0 spiro atoms. The summed E-state index contributed by atoms with van der Waals surface area (Å²) in [7, 11) is -3.49. The fourth-order valence-corrected chi connectivity index (χ4v) is 2.20. The van der Waals surface area contributed by atoms with E-state index >= 15 is 0 Å². The number of sulfonamides is 1. The van der Waals surface area contributed by atoms with Crippen LogP contribution in [0.15, 0.2) is 34.1 Å². The highest BCUT2D eigenvalue weighted by molar-refractivity contribution is 9.10. The van der Waals surface area contributed by atoms with Crippen molar-refractivity contribution in [1.82, 2.24) is 4.72 Å². The van der Waals surface area contributed by atoms with Crippen LogP contribution in [0.5, 0.6) is 0 Å². The summed E-state index contributed by atoms with van der Waals surface area (Å²) in [5.41, 5.74) is 0.788. The minimum atomic E-state index is -3.49. The molecule has 1 unspecified atom stereocenters. The fourth-order valence-electron chi connectivity index (χ4n) is 1.03. The van der Waals surface area contributed by atoms with Crippen molar-refractivity contribution >= 4 is 32.0 Å². The van der Waals surface area contributed by atoms with Crippen molar-refractivity contribution in [2.45, 2.75) is 13.0 Å². The van der Waals surface area contributed by atoms with Gasteiger partial charge >= 0.3 is 0 Å². The molecule has 1 rings (SSSR count). The maximum absolute atomic E-state index is 11.5. The van der Waals surface area contributed by atoms with Gasteiger partial charge in [-0.2, -0.15) is 0 Å². The van der Waals surface area contributed by atoms with Gasteiger partial charge in [0.05, 0.1) is 6.10 Å². The van der Waals surface area contributed by atoms with Gasteiger partial charge in [-0.15, -0.1) is 0 Å². The Morgan fingerprint density at radius 2 is 2.00 bits per heavy atom. The SMILES string of the molecule is CC(O)CNS(=O)(=O)/C=C/c1ccc(Br)cc1. The molecule has 2 N–H and O–H groups in total. The second kappa shape index (κ2) is 6.30. The Kier molecular flexibility index (Phi) is 5.32. The molecule has 0 aliphatic rings. The van der Waals surface area contributed by atoms with Crippen LogP contribution in [0.1, 0.15) is 12.5 Å². The average Bonchev–Trinajstić information content (AvgIpc) is 2.26. The van der Waals surface area contributed by atoms with Gasteiger partial charge in [-0.1, -0.05) is 28.1 Å². The third-order valence-electron chi connectivity index (χ3n) is 1.89. The van der Waals surface area contributed by atoms with Crippen molar-refractivity contribution in [2.75, 3.05) is 6.54 Å². The third kappa shape index (κ3) is 5.97. The maximum atomic E-state index is 11.5. The number of aliphatic hydroxyl groups is 1. The quantitative estimate of drug-likeness (QED) is 0.868. The monoisotopic (exact) mass is 319 g/mol. The molecule has 17 heavy (non-hydrogen) atoms. The zero-order chi connectivity index (χ0) is 12.9. The molecule has 1 aromatic rings. The number of hydrogen-bond donors (Lipinski definition) is 2. The summed E-state index contributed by atoms with van der Waals surface area (Å²) >= 11 is 3.29. The molecule has 0 saturated carbocycles. The van der Waals surface area contributed by atoms with Crippen LogP contribution in [0.2, 0.25) is 0 Å². The topological polar surface area (TPSA) is 66.4 Å². The lowest BCUT2D eigenvalue weighted by molar-refractivity contribution is 0.199. The van der Waals surface area contributed by atoms with Gasteiger partial charge in [0.15, 0.2) is 0 Å². The molecule has 4 nitrogen and oxygen atoms in total. The molecule has 0 aliphatic carbocycles. The van der Waals surface area contributed by atoms with Crippen LogP contribution in [0, 0.1) is 0 Å². The second-order valence-corrected chi connectivity index (χ2v) is 6.16. The first kappa shape index (κ1) is 14.4. The van der Waals surface area contributed by atoms with Gasteiger partial charge < -0.3 is 5.11 Å².